The number of rotatable bonds is 3. The molecule has 4 rings (SSSR count). The molecule has 10 heteroatoms. The van der Waals surface area contributed by atoms with Gasteiger partial charge in [-0.05, 0) is 129 Å². The van der Waals surface area contributed by atoms with Crippen LogP contribution in [0.2, 0.25) is 0 Å². The maximum atomic E-state index is 12.4. The van der Waals surface area contributed by atoms with Crippen LogP contribution in [0, 0.1) is 81.8 Å². The summed E-state index contributed by atoms with van der Waals surface area (Å²) in [6, 6.07) is 0. The van der Waals surface area contributed by atoms with Crippen LogP contribution in [0.25, 0.3) is 0 Å². The second kappa shape index (κ2) is 29.9. The van der Waals surface area contributed by atoms with Gasteiger partial charge in [0.15, 0.2) is 0 Å². The molecule has 11 atom stereocenters. The van der Waals surface area contributed by atoms with E-state index in [1.807, 2.05) is 55.4 Å². The van der Waals surface area contributed by atoms with Crippen molar-refractivity contribution < 1.29 is 46.6 Å². The highest BCUT2D eigenvalue weighted by Gasteiger charge is 2.47. The second-order valence-electron chi connectivity index (χ2n) is 23.4. The predicted octanol–water partition coefficient (Wildman–Crippen LogP) is 21.0. The zero-order valence-corrected chi connectivity index (χ0v) is 44.1. The molecule has 4 fully saturated rings. The third-order valence-electron chi connectivity index (χ3n) is 13.8. The minimum absolute atomic E-state index is 0.176. The molecule has 4 saturated carbocycles. The van der Waals surface area contributed by atoms with Gasteiger partial charge in [0.05, 0.1) is 17.8 Å². The number of halogens is 10. The molecule has 0 aromatic heterocycles. The van der Waals surface area contributed by atoms with Crippen LogP contribution in [0.5, 0.6) is 0 Å². The van der Waals surface area contributed by atoms with Gasteiger partial charge in [0.2, 0.25) is 0 Å². The molecule has 0 spiro atoms. The Hall–Kier alpha value is -0.700. The molecule has 4 aliphatic carbocycles. The largest absolute Gasteiger partial charge is 0.392 e. The number of alkyl halides is 10. The van der Waals surface area contributed by atoms with Crippen LogP contribution >= 0.6 is 0 Å². The SMILES string of the molecule is CC1CC(C(F)(F)F)C[C@@H](C)C1.CC1CCC(C)C1C.CC1CCCC(C(F)(F)F)[C@@H]1C.CC1C[C@H](C)CC1C(F)(F)F.CCCC(C)(C)C.CCCC(C)(C)F.[2H]C([2H])(C)C(C)(C)C. The Kier molecular flexibility index (Phi) is 29.6. The van der Waals surface area contributed by atoms with Crippen molar-refractivity contribution >= 4 is 0 Å². The highest BCUT2D eigenvalue weighted by molar-refractivity contribution is 4.84. The molecule has 0 heterocycles. The van der Waals surface area contributed by atoms with Crippen molar-refractivity contribution in [2.75, 3.05) is 0 Å². The Balaban J connectivity index is -0.000000698. The topological polar surface area (TPSA) is 0 Å². The monoisotopic (exact) mass is 931 g/mol. The highest BCUT2D eigenvalue weighted by atomic mass is 19.4. The van der Waals surface area contributed by atoms with Gasteiger partial charge < -0.3 is 0 Å². The molecular weight excluding hydrogens is 827 g/mol. The second-order valence-corrected chi connectivity index (χ2v) is 23.4. The first kappa shape index (κ1) is 62.3. The fourth-order valence-corrected chi connectivity index (χ4v) is 9.23. The van der Waals surface area contributed by atoms with E-state index < -0.39 is 48.3 Å². The van der Waals surface area contributed by atoms with E-state index in [1.165, 1.54) is 25.7 Å². The molecular formula is C53H102F10. The van der Waals surface area contributed by atoms with Crippen molar-refractivity contribution in [1.82, 2.24) is 0 Å². The van der Waals surface area contributed by atoms with Gasteiger partial charge in [0.1, 0.15) is 5.67 Å². The minimum atomic E-state index is -3.98. The Labute approximate surface area is 386 Å². The Morgan fingerprint density at radius 1 is 0.413 bits per heavy atom. The van der Waals surface area contributed by atoms with Crippen LogP contribution in [0.3, 0.4) is 0 Å². The molecule has 63 heavy (non-hydrogen) atoms. The van der Waals surface area contributed by atoms with E-state index in [0.29, 0.717) is 37.5 Å². The summed E-state index contributed by atoms with van der Waals surface area (Å²) in [6.45, 7) is 39.7. The third-order valence-corrected chi connectivity index (χ3v) is 13.8. The first-order valence-electron chi connectivity index (χ1n) is 25.7. The van der Waals surface area contributed by atoms with Crippen LogP contribution in [-0.2, 0) is 0 Å². The van der Waals surface area contributed by atoms with Crippen molar-refractivity contribution in [1.29, 1.82) is 0 Å². The van der Waals surface area contributed by atoms with Gasteiger partial charge in [-0.3, -0.25) is 0 Å². The molecule has 0 aliphatic heterocycles. The standard InChI is InChI=1S/2C9H15F3.C8H13F3.C8H16.C7H16.C6H13F.C6H14/c1-6-3-7(2)5-8(4-6)9(10,11)12;1-6-4-3-5-8(7(6)2)9(10,11)12;1-5-3-6(2)7(4-5)8(9,10)11;1-6-4-5-7(2)8(6)3;1-5-6-7(2,3)4;1-4-5-6(2,3)7;1-5-6(2,3)4/h2*6-8H,3-5H2,1-2H3;5-7H,3-4H2,1-2H3;6-8H,4-5H2,1-3H3;5-6H2,1-4H3;4-5H2,1-3H3;5H2,1-4H3/t6-,7?,8?;6?,7-,8?;5-,6?,7?;;;;/m010..../s1/i;;;;;;5D2. The summed E-state index contributed by atoms with van der Waals surface area (Å²) in [6.07, 6.45) is -1.13. The Bertz CT molecular complexity index is 1140. The summed E-state index contributed by atoms with van der Waals surface area (Å²) < 4.78 is 137. The van der Waals surface area contributed by atoms with E-state index in [1.54, 1.807) is 34.6 Å². The summed E-state index contributed by atoms with van der Waals surface area (Å²) in [5, 5.41) is 0. The molecule has 0 bridgehead atoms. The number of hydrogen-bond donors (Lipinski definition) is 0. The van der Waals surface area contributed by atoms with Gasteiger partial charge in [0.25, 0.3) is 0 Å². The molecule has 0 aromatic carbocycles. The van der Waals surface area contributed by atoms with E-state index in [9.17, 15) is 43.9 Å². The molecule has 0 radical (unpaired) electrons. The highest BCUT2D eigenvalue weighted by Crippen LogP contribution is 2.46. The van der Waals surface area contributed by atoms with E-state index >= 15 is 0 Å². The van der Waals surface area contributed by atoms with Gasteiger partial charge in [-0.25, -0.2) is 4.39 Å². The summed E-state index contributed by atoms with van der Waals surface area (Å²) in [4.78, 5) is 0. The van der Waals surface area contributed by atoms with Crippen molar-refractivity contribution in [2.24, 2.45) is 81.8 Å². The molecule has 0 aromatic rings. The summed E-state index contributed by atoms with van der Waals surface area (Å²) in [7, 11) is 0. The average Bonchev–Trinajstić information content (AvgIpc) is 3.58. The quantitative estimate of drug-likeness (QED) is 0.247. The molecule has 0 nitrogen and oxygen atoms in total. The van der Waals surface area contributed by atoms with Gasteiger partial charge in [-0.1, -0.05) is 170 Å². The number of hydrogen-bond acceptors (Lipinski definition) is 0. The summed E-state index contributed by atoms with van der Waals surface area (Å²) in [5.74, 6) is 0.395. The predicted molar refractivity (Wildman–Crippen MR) is 251 cm³/mol. The Morgan fingerprint density at radius 3 is 0.984 bits per heavy atom. The van der Waals surface area contributed by atoms with Crippen LogP contribution in [0.1, 0.15) is 237 Å². The van der Waals surface area contributed by atoms with Gasteiger partial charge in [-0.15, -0.1) is 0 Å². The smallest absolute Gasteiger partial charge is 0.245 e. The minimum Gasteiger partial charge on any atom is -0.245 e. The fraction of sp³-hybridized carbons (Fsp3) is 1.00. The first-order chi connectivity index (χ1) is 28.8. The van der Waals surface area contributed by atoms with E-state index in [2.05, 4.69) is 48.5 Å². The van der Waals surface area contributed by atoms with Crippen LogP contribution in [0.15, 0.2) is 0 Å². The lowest BCUT2D eigenvalue weighted by molar-refractivity contribution is -0.199. The van der Waals surface area contributed by atoms with Crippen molar-refractivity contribution in [3.05, 3.63) is 0 Å². The zero-order chi connectivity index (χ0) is 52.3. The summed E-state index contributed by atoms with van der Waals surface area (Å²) in [5.41, 5.74) is -0.628. The van der Waals surface area contributed by atoms with Crippen LogP contribution in [-0.4, -0.2) is 24.2 Å². The molecule has 0 amide bonds. The van der Waals surface area contributed by atoms with Gasteiger partial charge in [0, 0.05) is 2.74 Å². The lowest BCUT2D eigenvalue weighted by atomic mass is 9.73. The maximum absolute atomic E-state index is 12.4. The Morgan fingerprint density at radius 2 is 0.794 bits per heavy atom. The average molecular weight is 931 g/mol. The molecule has 0 saturated heterocycles. The van der Waals surface area contributed by atoms with E-state index in [-0.39, 0.29) is 40.9 Å². The maximum Gasteiger partial charge on any atom is 0.392 e. The van der Waals surface area contributed by atoms with E-state index in [0.717, 1.165) is 49.9 Å². The lowest BCUT2D eigenvalue weighted by Gasteiger charge is -2.35. The summed E-state index contributed by atoms with van der Waals surface area (Å²) >= 11 is 0. The molecule has 8 unspecified atom stereocenters. The van der Waals surface area contributed by atoms with Crippen molar-refractivity contribution in [3.8, 4) is 0 Å². The third kappa shape index (κ3) is 34.3. The van der Waals surface area contributed by atoms with Crippen molar-refractivity contribution in [3.63, 3.8) is 0 Å². The zero-order valence-electron chi connectivity index (χ0n) is 46.1. The van der Waals surface area contributed by atoms with Gasteiger partial charge in [-0.2, -0.15) is 39.5 Å². The first-order valence-corrected chi connectivity index (χ1v) is 24.7. The molecule has 0 N–H and O–H groups in total. The molecule has 4 aliphatic rings. The van der Waals surface area contributed by atoms with Crippen LogP contribution in [0.4, 0.5) is 43.9 Å². The van der Waals surface area contributed by atoms with Gasteiger partial charge >= 0.3 is 18.5 Å². The van der Waals surface area contributed by atoms with E-state index in [4.69, 9.17) is 2.74 Å². The van der Waals surface area contributed by atoms with Crippen molar-refractivity contribution in [2.45, 2.75) is 259 Å². The van der Waals surface area contributed by atoms with Crippen LogP contribution < -0.4 is 0 Å². The molecule has 384 valence electrons. The fourth-order valence-electron chi connectivity index (χ4n) is 9.23. The lowest BCUT2D eigenvalue weighted by Crippen LogP contribution is -2.35. The normalized spacial score (nSPS) is 32.0.